The number of aliphatic hydroxyl groups excluding tert-OH is 1. The highest BCUT2D eigenvalue weighted by Gasteiger charge is 2.30. The van der Waals surface area contributed by atoms with Crippen molar-refractivity contribution in [3.8, 4) is 11.1 Å². The first-order chi connectivity index (χ1) is 15.9. The van der Waals surface area contributed by atoms with Crippen LogP contribution in [-0.2, 0) is 18.0 Å². The Balaban J connectivity index is 1.45. The van der Waals surface area contributed by atoms with Crippen molar-refractivity contribution < 1.29 is 14.6 Å². The molecule has 0 spiro atoms. The molecule has 2 atom stereocenters. The molecular weight excluding hydrogens is 414 g/mol. The Bertz CT molecular complexity index is 1150. The molecule has 0 radical (unpaired) electrons. The Morgan fingerprint density at radius 1 is 1.09 bits per heavy atom. The summed E-state index contributed by atoms with van der Waals surface area (Å²) in [5.74, 6) is -0.0491. The number of aromatic nitrogens is 1. The fourth-order valence-corrected chi connectivity index (χ4v) is 4.30. The van der Waals surface area contributed by atoms with Crippen molar-refractivity contribution in [2.45, 2.75) is 58.5 Å². The summed E-state index contributed by atoms with van der Waals surface area (Å²) in [6.45, 7) is 4.68. The number of amides is 1. The van der Waals surface area contributed by atoms with E-state index in [2.05, 4.69) is 42.3 Å². The van der Waals surface area contributed by atoms with Crippen LogP contribution in [-0.4, -0.2) is 28.1 Å². The number of rotatable bonds is 7. The van der Waals surface area contributed by atoms with Crippen LogP contribution in [0.3, 0.4) is 0 Å². The predicted molar refractivity (Wildman–Crippen MR) is 130 cm³/mol. The van der Waals surface area contributed by atoms with Gasteiger partial charge in [0.05, 0.1) is 30.9 Å². The molecule has 0 aliphatic heterocycles. The molecule has 1 aliphatic carbocycles. The quantitative estimate of drug-likeness (QED) is 0.504. The maximum absolute atomic E-state index is 13.1. The van der Waals surface area contributed by atoms with Gasteiger partial charge in [-0.25, -0.2) is 4.98 Å². The molecule has 1 heterocycles. The molecule has 6 nitrogen and oxygen atoms in total. The van der Waals surface area contributed by atoms with Crippen molar-refractivity contribution in [3.05, 3.63) is 82.5 Å². The number of aryl methyl sites for hydroxylation is 2. The smallest absolute Gasteiger partial charge is 0.255 e. The third-order valence-corrected chi connectivity index (χ3v) is 6.41. The van der Waals surface area contributed by atoms with Crippen molar-refractivity contribution in [1.29, 1.82) is 0 Å². The van der Waals surface area contributed by atoms with Gasteiger partial charge in [-0.3, -0.25) is 4.79 Å². The van der Waals surface area contributed by atoms with E-state index in [-0.39, 0.29) is 30.5 Å². The van der Waals surface area contributed by atoms with E-state index in [1.807, 2.05) is 24.3 Å². The first-order valence-electron chi connectivity index (χ1n) is 11.4. The number of ether oxygens (including phenoxy) is 1. The molecule has 1 aliphatic rings. The van der Waals surface area contributed by atoms with Gasteiger partial charge in [0.25, 0.3) is 5.91 Å². The Kier molecular flexibility index (Phi) is 7.06. The van der Waals surface area contributed by atoms with E-state index in [0.29, 0.717) is 12.2 Å². The minimum Gasteiger partial charge on any atom is -0.392 e. The molecule has 4 rings (SSSR count). The number of hydrogen-bond acceptors (Lipinski definition) is 5. The predicted octanol–water partition coefficient (Wildman–Crippen LogP) is 4.31. The molecule has 1 amide bonds. The molecule has 3 aromatic rings. The molecule has 33 heavy (non-hydrogen) atoms. The summed E-state index contributed by atoms with van der Waals surface area (Å²) in [5, 5.41) is 12.5. The highest BCUT2D eigenvalue weighted by Crippen LogP contribution is 2.26. The van der Waals surface area contributed by atoms with Crippen LogP contribution in [0.15, 0.2) is 54.7 Å². The van der Waals surface area contributed by atoms with E-state index < -0.39 is 0 Å². The van der Waals surface area contributed by atoms with E-state index in [4.69, 9.17) is 10.5 Å². The van der Waals surface area contributed by atoms with Gasteiger partial charge in [-0.1, -0.05) is 36.4 Å². The number of nitrogens with zero attached hydrogens (tertiary/aromatic N) is 1. The summed E-state index contributed by atoms with van der Waals surface area (Å²) in [6, 6.07) is 15.6. The fourth-order valence-electron chi connectivity index (χ4n) is 4.30. The number of benzene rings is 2. The van der Waals surface area contributed by atoms with Crippen molar-refractivity contribution in [1.82, 2.24) is 10.3 Å². The van der Waals surface area contributed by atoms with Crippen molar-refractivity contribution in [2.75, 3.05) is 5.73 Å². The summed E-state index contributed by atoms with van der Waals surface area (Å²) < 4.78 is 6.20. The van der Waals surface area contributed by atoms with Gasteiger partial charge in [-0.05, 0) is 73.1 Å². The van der Waals surface area contributed by atoms with Gasteiger partial charge in [0, 0.05) is 11.8 Å². The average molecular weight is 446 g/mol. The van der Waals surface area contributed by atoms with Crippen LogP contribution >= 0.6 is 0 Å². The van der Waals surface area contributed by atoms with Crippen LogP contribution in [0, 0.1) is 13.8 Å². The van der Waals surface area contributed by atoms with Crippen molar-refractivity contribution in [2.24, 2.45) is 0 Å². The zero-order chi connectivity index (χ0) is 23.4. The third-order valence-electron chi connectivity index (χ3n) is 6.41. The molecule has 0 bridgehead atoms. The summed E-state index contributed by atoms with van der Waals surface area (Å²) in [7, 11) is 0. The number of anilines is 1. The summed E-state index contributed by atoms with van der Waals surface area (Å²) >= 11 is 0. The maximum Gasteiger partial charge on any atom is 0.255 e. The van der Waals surface area contributed by atoms with Crippen LogP contribution in [0.4, 0.5) is 5.82 Å². The van der Waals surface area contributed by atoms with Gasteiger partial charge in [0.2, 0.25) is 0 Å². The van der Waals surface area contributed by atoms with E-state index in [1.54, 1.807) is 12.3 Å². The standard InChI is InChI=1S/C27H31N3O3/c1-17-9-10-20(11-18(17)2)16-33-25-8-4-7-24(25)30-27(32)23-13-22(14-29-26(23)28)21-6-3-5-19(12-21)15-31/h3,5-6,9-14,24-25,31H,4,7-8,15-16H2,1-2H3,(H2,28,29)(H,30,32)/t24-,25-/m0/s1. The lowest BCUT2D eigenvalue weighted by Gasteiger charge is -2.22. The van der Waals surface area contributed by atoms with Crippen molar-refractivity contribution in [3.63, 3.8) is 0 Å². The highest BCUT2D eigenvalue weighted by atomic mass is 16.5. The first-order valence-corrected chi connectivity index (χ1v) is 11.4. The second-order valence-electron chi connectivity index (χ2n) is 8.79. The number of carbonyl (C=O) groups excluding carboxylic acids is 1. The lowest BCUT2D eigenvalue weighted by atomic mass is 10.0. The van der Waals surface area contributed by atoms with E-state index >= 15 is 0 Å². The summed E-state index contributed by atoms with van der Waals surface area (Å²) in [5.41, 5.74) is 12.5. The molecule has 1 fully saturated rings. The zero-order valence-corrected chi connectivity index (χ0v) is 19.2. The lowest BCUT2D eigenvalue weighted by Crippen LogP contribution is -2.41. The minimum absolute atomic E-state index is 0.0332. The second-order valence-corrected chi connectivity index (χ2v) is 8.79. The van der Waals surface area contributed by atoms with Crippen molar-refractivity contribution >= 4 is 11.7 Å². The van der Waals surface area contributed by atoms with Gasteiger partial charge >= 0.3 is 0 Å². The summed E-state index contributed by atoms with van der Waals surface area (Å²) in [4.78, 5) is 17.3. The van der Waals surface area contributed by atoms with Gasteiger partial charge in [0.15, 0.2) is 0 Å². The van der Waals surface area contributed by atoms with Crippen LogP contribution in [0.2, 0.25) is 0 Å². The molecule has 0 saturated heterocycles. The number of nitrogens with two attached hydrogens (primary N) is 1. The third kappa shape index (κ3) is 5.41. The molecular formula is C27H31N3O3. The van der Waals surface area contributed by atoms with Gasteiger partial charge in [0.1, 0.15) is 5.82 Å². The Morgan fingerprint density at radius 2 is 1.94 bits per heavy atom. The number of hydrogen-bond donors (Lipinski definition) is 3. The van der Waals surface area contributed by atoms with Crippen LogP contribution in [0.1, 0.15) is 51.9 Å². The molecule has 1 saturated carbocycles. The van der Waals surface area contributed by atoms with E-state index in [1.165, 1.54) is 11.1 Å². The van der Waals surface area contributed by atoms with Gasteiger partial charge < -0.3 is 20.9 Å². The Labute approximate surface area is 194 Å². The number of carbonyl (C=O) groups is 1. The van der Waals surface area contributed by atoms with E-state index in [0.717, 1.165) is 41.5 Å². The fraction of sp³-hybridized carbons (Fsp3) is 0.333. The number of pyridine rings is 1. The Morgan fingerprint density at radius 3 is 2.73 bits per heavy atom. The highest BCUT2D eigenvalue weighted by molar-refractivity contribution is 5.99. The lowest BCUT2D eigenvalue weighted by molar-refractivity contribution is 0.0272. The first kappa shape index (κ1) is 23.0. The normalized spacial score (nSPS) is 17.8. The molecule has 4 N–H and O–H groups in total. The van der Waals surface area contributed by atoms with Gasteiger partial charge in [-0.2, -0.15) is 0 Å². The molecule has 172 valence electrons. The Hall–Kier alpha value is -3.22. The van der Waals surface area contributed by atoms with Gasteiger partial charge in [-0.15, -0.1) is 0 Å². The monoisotopic (exact) mass is 445 g/mol. The number of nitrogens with one attached hydrogen (secondary N) is 1. The molecule has 0 unspecified atom stereocenters. The minimum atomic E-state index is -0.244. The maximum atomic E-state index is 13.1. The largest absolute Gasteiger partial charge is 0.392 e. The summed E-state index contributed by atoms with van der Waals surface area (Å²) in [6.07, 6.45) is 4.40. The number of aliphatic hydroxyl groups is 1. The molecule has 2 aromatic carbocycles. The second kappa shape index (κ2) is 10.1. The van der Waals surface area contributed by atoms with E-state index in [9.17, 15) is 9.90 Å². The van der Waals surface area contributed by atoms with Crippen LogP contribution in [0.25, 0.3) is 11.1 Å². The molecule has 6 heteroatoms. The SMILES string of the molecule is Cc1ccc(CO[C@H]2CCC[C@@H]2NC(=O)c2cc(-c3cccc(CO)c3)cnc2N)cc1C. The van der Waals surface area contributed by atoms with Crippen LogP contribution in [0.5, 0.6) is 0 Å². The number of nitrogen functional groups attached to an aromatic ring is 1. The van der Waals surface area contributed by atoms with Crippen LogP contribution < -0.4 is 11.1 Å². The average Bonchev–Trinajstić information content (AvgIpc) is 3.27. The molecule has 1 aromatic heterocycles. The zero-order valence-electron chi connectivity index (χ0n) is 19.2. The topological polar surface area (TPSA) is 97.5 Å².